The van der Waals surface area contributed by atoms with Crippen LogP contribution in [0, 0.1) is 5.41 Å². The predicted molar refractivity (Wildman–Crippen MR) is 92.8 cm³/mol. The Hall–Kier alpha value is -2.49. The monoisotopic (exact) mass is 360 g/mol. The highest BCUT2D eigenvalue weighted by Gasteiger charge is 2.33. The summed E-state index contributed by atoms with van der Waals surface area (Å²) >= 11 is 1.03. The van der Waals surface area contributed by atoms with Crippen molar-refractivity contribution in [1.82, 2.24) is 4.98 Å². The fourth-order valence-corrected chi connectivity index (χ4v) is 3.50. The third-order valence-corrected chi connectivity index (χ3v) is 5.05. The predicted octanol–water partition coefficient (Wildman–Crippen LogP) is 1.78. The molecule has 1 saturated heterocycles. The number of pyridine rings is 1. The topological polar surface area (TPSA) is 117 Å². The van der Waals surface area contributed by atoms with E-state index in [1.54, 1.807) is 30.6 Å². The number of hydrogen-bond acceptors (Lipinski definition) is 6. The van der Waals surface area contributed by atoms with Gasteiger partial charge in [0.1, 0.15) is 0 Å². The van der Waals surface area contributed by atoms with E-state index in [1.165, 1.54) is 29.2 Å². The molecular formula is C15H12N4O3S2. The molecule has 9 heteroatoms. The van der Waals surface area contributed by atoms with Crippen molar-refractivity contribution in [2.75, 3.05) is 4.90 Å². The zero-order chi connectivity index (χ0) is 17.3. The number of sulfonamides is 1. The number of amides is 1. The summed E-state index contributed by atoms with van der Waals surface area (Å²) in [4.78, 5) is 18.1. The molecule has 1 aliphatic heterocycles. The van der Waals surface area contributed by atoms with Gasteiger partial charge in [-0.05, 0) is 53.7 Å². The molecule has 0 unspecified atom stereocenters. The Morgan fingerprint density at radius 3 is 2.50 bits per heavy atom. The van der Waals surface area contributed by atoms with Crippen LogP contribution >= 0.6 is 11.8 Å². The van der Waals surface area contributed by atoms with Crippen LogP contribution in [0.3, 0.4) is 0 Å². The second-order valence-electron chi connectivity index (χ2n) is 4.88. The number of carbonyl (C=O) groups excluding carboxylic acids is 1. The van der Waals surface area contributed by atoms with Crippen LogP contribution in [0.4, 0.5) is 5.69 Å². The average molecular weight is 360 g/mol. The highest BCUT2D eigenvalue weighted by molar-refractivity contribution is 8.19. The van der Waals surface area contributed by atoms with Crippen LogP contribution in [0.15, 0.2) is 58.6 Å². The van der Waals surface area contributed by atoms with Crippen molar-refractivity contribution in [1.29, 1.82) is 5.41 Å². The van der Waals surface area contributed by atoms with E-state index in [2.05, 4.69) is 4.98 Å². The number of aromatic nitrogens is 1. The van der Waals surface area contributed by atoms with Gasteiger partial charge >= 0.3 is 0 Å². The fourth-order valence-electron chi connectivity index (χ4n) is 2.12. The molecule has 122 valence electrons. The fraction of sp³-hybridized carbons (Fsp3) is 0. The van der Waals surface area contributed by atoms with Crippen LogP contribution in [-0.2, 0) is 14.8 Å². The molecule has 0 saturated carbocycles. The largest absolute Gasteiger partial charge is 0.278 e. The Morgan fingerprint density at radius 2 is 1.92 bits per heavy atom. The van der Waals surface area contributed by atoms with Gasteiger partial charge in [-0.15, -0.1) is 0 Å². The third-order valence-electron chi connectivity index (χ3n) is 3.23. The lowest BCUT2D eigenvalue weighted by atomic mass is 10.2. The highest BCUT2D eigenvalue weighted by Crippen LogP contribution is 2.35. The minimum atomic E-state index is -3.80. The molecule has 0 aliphatic carbocycles. The number of carbonyl (C=O) groups is 1. The average Bonchev–Trinajstić information content (AvgIpc) is 2.82. The van der Waals surface area contributed by atoms with Gasteiger partial charge in [-0.25, -0.2) is 13.6 Å². The molecule has 0 bridgehead atoms. The van der Waals surface area contributed by atoms with Gasteiger partial charge in [-0.2, -0.15) is 0 Å². The smallest absolute Gasteiger partial charge is 0.271 e. The zero-order valence-electron chi connectivity index (χ0n) is 12.2. The van der Waals surface area contributed by atoms with E-state index >= 15 is 0 Å². The summed E-state index contributed by atoms with van der Waals surface area (Å²) in [6.07, 6.45) is 4.91. The van der Waals surface area contributed by atoms with Gasteiger partial charge in [0.15, 0.2) is 5.17 Å². The van der Waals surface area contributed by atoms with Gasteiger partial charge < -0.3 is 0 Å². The van der Waals surface area contributed by atoms with Crippen molar-refractivity contribution in [2.24, 2.45) is 5.14 Å². The maximum absolute atomic E-state index is 12.5. The van der Waals surface area contributed by atoms with Crippen LogP contribution in [0.5, 0.6) is 0 Å². The number of thioether (sulfide) groups is 1. The van der Waals surface area contributed by atoms with Gasteiger partial charge in [0.25, 0.3) is 5.91 Å². The van der Waals surface area contributed by atoms with Gasteiger partial charge in [0.2, 0.25) is 10.0 Å². The first-order valence-corrected chi connectivity index (χ1v) is 9.08. The van der Waals surface area contributed by atoms with E-state index < -0.39 is 10.0 Å². The summed E-state index contributed by atoms with van der Waals surface area (Å²) < 4.78 is 22.6. The molecule has 1 aromatic heterocycles. The Morgan fingerprint density at radius 1 is 1.21 bits per heavy atom. The molecule has 2 aromatic rings. The van der Waals surface area contributed by atoms with Crippen molar-refractivity contribution in [2.45, 2.75) is 4.90 Å². The standard InChI is InChI=1S/C15H12N4O3S2/c16-15-19(11-3-5-12(6-4-11)24(17,21)22)14(20)13(23-15)8-10-2-1-7-18-9-10/h1-9,16H,(H2,17,21,22)/b13-8-,16-15?. The number of nitrogens with two attached hydrogens (primary N) is 1. The van der Waals surface area contributed by atoms with Gasteiger partial charge in [-0.1, -0.05) is 6.07 Å². The van der Waals surface area contributed by atoms with Crippen molar-refractivity contribution in [3.63, 3.8) is 0 Å². The Labute approximate surface area is 142 Å². The van der Waals surface area contributed by atoms with Crippen molar-refractivity contribution >= 4 is 44.6 Å². The SMILES string of the molecule is N=C1S/C(=C\c2cccnc2)C(=O)N1c1ccc(S(N)(=O)=O)cc1. The number of benzene rings is 1. The second kappa shape index (κ2) is 6.19. The van der Waals surface area contributed by atoms with Crippen molar-refractivity contribution < 1.29 is 13.2 Å². The Balaban J connectivity index is 1.91. The second-order valence-corrected chi connectivity index (χ2v) is 7.47. The van der Waals surface area contributed by atoms with Crippen LogP contribution < -0.4 is 10.0 Å². The summed E-state index contributed by atoms with van der Waals surface area (Å²) in [7, 11) is -3.80. The molecule has 0 radical (unpaired) electrons. The van der Waals surface area contributed by atoms with E-state index in [0.717, 1.165) is 17.3 Å². The first-order valence-electron chi connectivity index (χ1n) is 6.72. The van der Waals surface area contributed by atoms with Crippen molar-refractivity contribution in [3.8, 4) is 0 Å². The molecule has 24 heavy (non-hydrogen) atoms. The lowest BCUT2D eigenvalue weighted by molar-refractivity contribution is -0.113. The number of nitrogens with zero attached hydrogens (tertiary/aromatic N) is 2. The molecular weight excluding hydrogens is 348 g/mol. The number of rotatable bonds is 3. The Kier molecular flexibility index (Phi) is 4.22. The number of anilines is 1. The first kappa shape index (κ1) is 16.4. The van der Waals surface area contributed by atoms with Crippen LogP contribution in [-0.4, -0.2) is 24.5 Å². The summed E-state index contributed by atoms with van der Waals surface area (Å²) in [6.45, 7) is 0. The molecule has 2 heterocycles. The molecule has 7 nitrogen and oxygen atoms in total. The molecule has 0 atom stereocenters. The van der Waals surface area contributed by atoms with E-state index in [9.17, 15) is 13.2 Å². The molecule has 3 N–H and O–H groups in total. The number of amidine groups is 1. The molecule has 0 spiro atoms. The number of primary sulfonamides is 1. The lowest BCUT2D eigenvalue weighted by Gasteiger charge is -2.14. The molecule has 1 aromatic carbocycles. The van der Waals surface area contributed by atoms with E-state index in [-0.39, 0.29) is 16.0 Å². The normalized spacial score (nSPS) is 16.9. The number of nitrogens with one attached hydrogen (secondary N) is 1. The Bertz CT molecular complexity index is 938. The molecule has 1 amide bonds. The quantitative estimate of drug-likeness (QED) is 0.809. The van der Waals surface area contributed by atoms with Gasteiger partial charge in [-0.3, -0.25) is 20.1 Å². The molecule has 3 rings (SSSR count). The summed E-state index contributed by atoms with van der Waals surface area (Å²) in [5.41, 5.74) is 1.16. The molecule has 1 aliphatic rings. The maximum Gasteiger partial charge on any atom is 0.271 e. The van der Waals surface area contributed by atoms with E-state index in [0.29, 0.717) is 10.6 Å². The van der Waals surface area contributed by atoms with Gasteiger partial charge in [0, 0.05) is 12.4 Å². The maximum atomic E-state index is 12.5. The van der Waals surface area contributed by atoms with E-state index in [1.807, 2.05) is 0 Å². The number of hydrogen-bond donors (Lipinski definition) is 2. The summed E-state index contributed by atoms with van der Waals surface area (Å²) in [5.74, 6) is -0.350. The summed E-state index contributed by atoms with van der Waals surface area (Å²) in [5, 5.41) is 13.1. The van der Waals surface area contributed by atoms with Crippen molar-refractivity contribution in [3.05, 3.63) is 59.3 Å². The summed E-state index contributed by atoms with van der Waals surface area (Å²) in [6, 6.07) is 9.06. The third kappa shape index (κ3) is 3.23. The lowest BCUT2D eigenvalue weighted by Crippen LogP contribution is -2.28. The first-order chi connectivity index (χ1) is 11.4. The minimum Gasteiger partial charge on any atom is -0.278 e. The van der Waals surface area contributed by atoms with Gasteiger partial charge in [0.05, 0.1) is 15.5 Å². The van der Waals surface area contributed by atoms with Crippen LogP contribution in [0.1, 0.15) is 5.56 Å². The highest BCUT2D eigenvalue weighted by atomic mass is 32.2. The van der Waals surface area contributed by atoms with E-state index in [4.69, 9.17) is 10.5 Å². The minimum absolute atomic E-state index is 0.0403. The van der Waals surface area contributed by atoms with Crippen LogP contribution in [0.25, 0.3) is 6.08 Å². The molecule has 1 fully saturated rings. The zero-order valence-corrected chi connectivity index (χ0v) is 13.8. The van der Waals surface area contributed by atoms with Crippen LogP contribution in [0.2, 0.25) is 0 Å².